The summed E-state index contributed by atoms with van der Waals surface area (Å²) in [4.78, 5) is 0. The number of para-hydroxylation sites is 1. The van der Waals surface area contributed by atoms with E-state index < -0.39 is 0 Å². The van der Waals surface area contributed by atoms with Crippen molar-refractivity contribution in [2.45, 2.75) is 19.4 Å². The lowest BCUT2D eigenvalue weighted by Gasteiger charge is -2.06. The lowest BCUT2D eigenvalue weighted by Crippen LogP contribution is -2.14. The fourth-order valence-corrected chi connectivity index (χ4v) is 1.44. The maximum absolute atomic E-state index is 9.60. The molecule has 15 heavy (non-hydrogen) atoms. The van der Waals surface area contributed by atoms with Crippen LogP contribution >= 0.6 is 11.6 Å². The van der Waals surface area contributed by atoms with Gasteiger partial charge in [0, 0.05) is 18.5 Å². The van der Waals surface area contributed by atoms with E-state index in [4.69, 9.17) is 18.0 Å². The van der Waals surface area contributed by atoms with E-state index in [1.165, 1.54) is 0 Å². The zero-order valence-electron chi connectivity index (χ0n) is 8.46. The lowest BCUT2D eigenvalue weighted by molar-refractivity contribution is 0.464. The van der Waals surface area contributed by atoms with Gasteiger partial charge >= 0.3 is 0 Å². The molecule has 0 heterocycles. The van der Waals surface area contributed by atoms with E-state index in [9.17, 15) is 5.11 Å². The van der Waals surface area contributed by atoms with Gasteiger partial charge in [0.1, 0.15) is 5.75 Å². The Morgan fingerprint density at radius 2 is 2.27 bits per heavy atom. The number of hydrogen-bond donors (Lipinski definition) is 2. The van der Waals surface area contributed by atoms with Crippen LogP contribution in [0.25, 0.3) is 0 Å². The molecule has 1 rings (SSSR count). The van der Waals surface area contributed by atoms with Crippen LogP contribution in [0.15, 0.2) is 18.2 Å². The number of terminal acetylenes is 1. The van der Waals surface area contributed by atoms with Crippen molar-refractivity contribution in [2.24, 2.45) is 0 Å². The summed E-state index contributed by atoms with van der Waals surface area (Å²) in [5.74, 6) is 2.73. The second-order valence-corrected chi connectivity index (χ2v) is 3.64. The molecule has 1 aromatic carbocycles. The van der Waals surface area contributed by atoms with Crippen molar-refractivity contribution in [1.29, 1.82) is 0 Å². The van der Waals surface area contributed by atoms with Crippen LogP contribution < -0.4 is 5.32 Å². The SMILES string of the molecule is C#CCCCNCc1cccc(Cl)c1O. The number of phenols is 1. The molecule has 0 unspecified atom stereocenters. The zero-order valence-corrected chi connectivity index (χ0v) is 9.22. The molecule has 0 bridgehead atoms. The van der Waals surface area contributed by atoms with Crippen molar-refractivity contribution >= 4 is 11.6 Å². The number of hydrogen-bond acceptors (Lipinski definition) is 2. The Kier molecular flexibility index (Phi) is 5.03. The summed E-state index contributed by atoms with van der Waals surface area (Å²) in [7, 11) is 0. The topological polar surface area (TPSA) is 32.3 Å². The minimum absolute atomic E-state index is 0.156. The molecule has 0 amide bonds. The molecule has 1 aromatic rings. The molecule has 80 valence electrons. The average Bonchev–Trinajstić information content (AvgIpc) is 2.24. The first-order chi connectivity index (χ1) is 7.25. The van der Waals surface area contributed by atoms with Gasteiger partial charge in [0.25, 0.3) is 0 Å². The van der Waals surface area contributed by atoms with Crippen LogP contribution in [0, 0.1) is 12.3 Å². The van der Waals surface area contributed by atoms with Gasteiger partial charge in [-0.15, -0.1) is 12.3 Å². The molecule has 0 saturated carbocycles. The monoisotopic (exact) mass is 223 g/mol. The van der Waals surface area contributed by atoms with Crippen molar-refractivity contribution in [3.63, 3.8) is 0 Å². The third-order valence-electron chi connectivity index (χ3n) is 2.06. The highest BCUT2D eigenvalue weighted by atomic mass is 35.5. The molecule has 0 aliphatic carbocycles. The van der Waals surface area contributed by atoms with Crippen molar-refractivity contribution < 1.29 is 5.11 Å². The van der Waals surface area contributed by atoms with Crippen LogP contribution in [0.4, 0.5) is 0 Å². The molecule has 3 heteroatoms. The molecule has 0 aliphatic rings. The Hall–Kier alpha value is -1.17. The van der Waals surface area contributed by atoms with Gasteiger partial charge in [-0.2, -0.15) is 0 Å². The zero-order chi connectivity index (χ0) is 11.1. The molecule has 0 atom stereocenters. The lowest BCUT2D eigenvalue weighted by atomic mass is 10.2. The predicted molar refractivity (Wildman–Crippen MR) is 62.9 cm³/mol. The standard InChI is InChI=1S/C12H14ClNO/c1-2-3-4-8-14-9-10-6-5-7-11(13)12(10)15/h1,5-7,14-15H,3-4,8-9H2. The van der Waals surface area contributed by atoms with E-state index in [1.54, 1.807) is 6.07 Å². The summed E-state index contributed by atoms with van der Waals surface area (Å²) in [5, 5.41) is 13.2. The number of halogens is 1. The third-order valence-corrected chi connectivity index (χ3v) is 2.37. The average molecular weight is 224 g/mol. The van der Waals surface area contributed by atoms with Crippen LogP contribution in [0.5, 0.6) is 5.75 Å². The fourth-order valence-electron chi connectivity index (χ4n) is 1.24. The van der Waals surface area contributed by atoms with Gasteiger partial charge in [-0.05, 0) is 19.0 Å². The van der Waals surface area contributed by atoms with Gasteiger partial charge in [0.15, 0.2) is 0 Å². The van der Waals surface area contributed by atoms with Crippen LogP contribution in [0.2, 0.25) is 5.02 Å². The Balaban J connectivity index is 2.38. The number of unbranched alkanes of at least 4 members (excludes halogenated alkanes) is 1. The van der Waals surface area contributed by atoms with Gasteiger partial charge < -0.3 is 10.4 Å². The van der Waals surface area contributed by atoms with Gasteiger partial charge in [0.05, 0.1) is 5.02 Å². The number of rotatable bonds is 5. The van der Waals surface area contributed by atoms with Crippen LogP contribution in [0.1, 0.15) is 18.4 Å². The van der Waals surface area contributed by atoms with E-state index in [1.807, 2.05) is 12.1 Å². The van der Waals surface area contributed by atoms with Crippen molar-refractivity contribution in [3.05, 3.63) is 28.8 Å². The molecule has 2 N–H and O–H groups in total. The highest BCUT2D eigenvalue weighted by Crippen LogP contribution is 2.26. The Morgan fingerprint density at radius 3 is 3.00 bits per heavy atom. The van der Waals surface area contributed by atoms with Crippen LogP contribution in [0.3, 0.4) is 0 Å². The minimum atomic E-state index is 0.156. The van der Waals surface area contributed by atoms with Crippen LogP contribution in [-0.4, -0.2) is 11.7 Å². The first kappa shape index (κ1) is 11.9. The number of nitrogens with one attached hydrogen (secondary N) is 1. The molecule has 0 aliphatic heterocycles. The molecule has 0 fully saturated rings. The summed E-state index contributed by atoms with van der Waals surface area (Å²) in [5.41, 5.74) is 0.809. The Bertz CT molecular complexity index is 357. The number of benzene rings is 1. The predicted octanol–water partition coefficient (Wildman–Crippen LogP) is 2.55. The summed E-state index contributed by atoms with van der Waals surface area (Å²) in [6.07, 6.45) is 6.85. The molecular weight excluding hydrogens is 210 g/mol. The minimum Gasteiger partial charge on any atom is -0.506 e. The first-order valence-corrected chi connectivity index (χ1v) is 5.24. The summed E-state index contributed by atoms with van der Waals surface area (Å²) < 4.78 is 0. The smallest absolute Gasteiger partial charge is 0.138 e. The number of phenolic OH excluding ortho intramolecular Hbond substituents is 1. The molecule has 0 aromatic heterocycles. The Morgan fingerprint density at radius 1 is 1.47 bits per heavy atom. The summed E-state index contributed by atoms with van der Waals surface area (Å²) in [6.45, 7) is 1.45. The van der Waals surface area contributed by atoms with Gasteiger partial charge in [-0.1, -0.05) is 23.7 Å². The molecule has 0 radical (unpaired) electrons. The summed E-state index contributed by atoms with van der Waals surface area (Å²) >= 11 is 5.77. The van der Waals surface area contributed by atoms with Gasteiger partial charge in [-0.3, -0.25) is 0 Å². The maximum atomic E-state index is 9.60. The van der Waals surface area contributed by atoms with Gasteiger partial charge in [-0.25, -0.2) is 0 Å². The van der Waals surface area contributed by atoms with E-state index >= 15 is 0 Å². The molecule has 2 nitrogen and oxygen atoms in total. The third kappa shape index (κ3) is 3.83. The second kappa shape index (κ2) is 6.34. The van der Waals surface area contributed by atoms with E-state index in [0.717, 1.165) is 24.9 Å². The molecule has 0 saturated heterocycles. The molecular formula is C12H14ClNO. The van der Waals surface area contributed by atoms with E-state index in [2.05, 4.69) is 11.2 Å². The molecule has 0 spiro atoms. The summed E-state index contributed by atoms with van der Waals surface area (Å²) in [6, 6.07) is 5.33. The van der Waals surface area contributed by atoms with Crippen LogP contribution in [-0.2, 0) is 6.54 Å². The largest absolute Gasteiger partial charge is 0.506 e. The van der Waals surface area contributed by atoms with E-state index in [-0.39, 0.29) is 5.75 Å². The highest BCUT2D eigenvalue weighted by Gasteiger charge is 2.03. The number of aromatic hydroxyl groups is 1. The van der Waals surface area contributed by atoms with Crippen molar-refractivity contribution in [2.75, 3.05) is 6.54 Å². The van der Waals surface area contributed by atoms with Crippen molar-refractivity contribution in [3.8, 4) is 18.1 Å². The Labute approximate surface area is 95.3 Å². The van der Waals surface area contributed by atoms with E-state index in [0.29, 0.717) is 11.6 Å². The van der Waals surface area contributed by atoms with Gasteiger partial charge in [0.2, 0.25) is 0 Å². The second-order valence-electron chi connectivity index (χ2n) is 3.23. The fraction of sp³-hybridized carbons (Fsp3) is 0.333. The first-order valence-electron chi connectivity index (χ1n) is 4.86. The van der Waals surface area contributed by atoms with Crippen molar-refractivity contribution in [1.82, 2.24) is 5.32 Å². The normalized spacial score (nSPS) is 9.87. The maximum Gasteiger partial charge on any atom is 0.138 e. The highest BCUT2D eigenvalue weighted by molar-refractivity contribution is 6.32. The quantitative estimate of drug-likeness (QED) is 0.594.